The van der Waals surface area contributed by atoms with E-state index >= 15 is 0 Å². The highest BCUT2D eigenvalue weighted by Gasteiger charge is 2.33. The molecule has 1 saturated heterocycles. The topological polar surface area (TPSA) is 95.1 Å². The summed E-state index contributed by atoms with van der Waals surface area (Å²) in [6.07, 6.45) is 0.349. The van der Waals surface area contributed by atoms with E-state index in [2.05, 4.69) is 30.9 Å². The first-order chi connectivity index (χ1) is 9.67. The molecule has 1 atom stereocenters. The van der Waals surface area contributed by atoms with Crippen LogP contribution in [0.1, 0.15) is 6.42 Å². The Hall–Kier alpha value is -2.05. The number of hydrogen-bond acceptors (Lipinski definition) is 4. The van der Waals surface area contributed by atoms with Gasteiger partial charge in [0.05, 0.1) is 0 Å². The second-order valence-electron chi connectivity index (χ2n) is 4.60. The lowest BCUT2D eigenvalue weighted by atomic mass is 10.1. The van der Waals surface area contributed by atoms with Gasteiger partial charge in [-0.15, -0.1) is 0 Å². The highest BCUT2D eigenvalue weighted by atomic mass is 79.9. The van der Waals surface area contributed by atoms with Crippen LogP contribution in [0.3, 0.4) is 0 Å². The molecule has 2 heterocycles. The third-order valence-corrected chi connectivity index (χ3v) is 3.67. The SMILES string of the molecule is [N-]=[N+]=NCC1CC(=O)N(c2nc3cc(Br)ccc3o2)C1. The second kappa shape index (κ2) is 5.15. The van der Waals surface area contributed by atoms with Gasteiger partial charge in [-0.25, -0.2) is 0 Å². The van der Waals surface area contributed by atoms with E-state index in [1.54, 1.807) is 6.07 Å². The fourth-order valence-electron chi connectivity index (χ4n) is 2.24. The van der Waals surface area contributed by atoms with Gasteiger partial charge in [-0.2, -0.15) is 4.98 Å². The minimum absolute atomic E-state index is 0.0140. The van der Waals surface area contributed by atoms with Crippen LogP contribution >= 0.6 is 15.9 Å². The van der Waals surface area contributed by atoms with Gasteiger partial charge in [-0.05, 0) is 29.6 Å². The molecule has 1 aromatic heterocycles. The summed E-state index contributed by atoms with van der Waals surface area (Å²) in [4.78, 5) is 20.5. The number of fused-ring (bicyclic) bond motifs is 1. The van der Waals surface area contributed by atoms with Crippen LogP contribution < -0.4 is 4.90 Å². The number of oxazole rings is 1. The maximum atomic E-state index is 12.0. The van der Waals surface area contributed by atoms with Crippen LogP contribution in [-0.4, -0.2) is 24.0 Å². The number of azide groups is 1. The van der Waals surface area contributed by atoms with Gasteiger partial charge in [0.25, 0.3) is 0 Å². The molecule has 1 aliphatic heterocycles. The molecule has 0 bridgehead atoms. The first-order valence-electron chi connectivity index (χ1n) is 6.04. The Kier molecular flexibility index (Phi) is 3.33. The van der Waals surface area contributed by atoms with E-state index in [9.17, 15) is 4.79 Å². The zero-order valence-electron chi connectivity index (χ0n) is 10.4. The molecule has 0 N–H and O–H groups in total. The first-order valence-corrected chi connectivity index (χ1v) is 6.84. The highest BCUT2D eigenvalue weighted by molar-refractivity contribution is 9.10. The van der Waals surface area contributed by atoms with Crippen molar-refractivity contribution in [3.63, 3.8) is 0 Å². The molecule has 1 unspecified atom stereocenters. The van der Waals surface area contributed by atoms with Crippen molar-refractivity contribution in [1.82, 2.24) is 4.98 Å². The number of anilines is 1. The van der Waals surface area contributed by atoms with Crippen molar-refractivity contribution in [2.24, 2.45) is 11.0 Å². The van der Waals surface area contributed by atoms with Gasteiger partial charge in [-0.1, -0.05) is 21.0 Å². The summed E-state index contributed by atoms with van der Waals surface area (Å²) in [5.74, 6) is -0.0473. The Morgan fingerprint density at radius 3 is 3.25 bits per heavy atom. The largest absolute Gasteiger partial charge is 0.423 e. The normalized spacial score (nSPS) is 18.6. The van der Waals surface area contributed by atoms with Crippen LogP contribution in [0.25, 0.3) is 21.5 Å². The number of rotatable bonds is 3. The summed E-state index contributed by atoms with van der Waals surface area (Å²) in [6.45, 7) is 0.774. The Morgan fingerprint density at radius 1 is 1.60 bits per heavy atom. The van der Waals surface area contributed by atoms with Gasteiger partial charge in [0.15, 0.2) is 5.58 Å². The predicted molar refractivity (Wildman–Crippen MR) is 76.2 cm³/mol. The Balaban J connectivity index is 1.87. The molecule has 1 aromatic carbocycles. The average molecular weight is 336 g/mol. The monoisotopic (exact) mass is 335 g/mol. The third-order valence-electron chi connectivity index (χ3n) is 3.18. The zero-order valence-corrected chi connectivity index (χ0v) is 11.9. The quantitative estimate of drug-likeness (QED) is 0.489. The minimum Gasteiger partial charge on any atom is -0.423 e. The van der Waals surface area contributed by atoms with Crippen LogP contribution in [0.4, 0.5) is 6.01 Å². The lowest BCUT2D eigenvalue weighted by Gasteiger charge is -2.10. The fourth-order valence-corrected chi connectivity index (χ4v) is 2.59. The molecule has 0 saturated carbocycles. The molecule has 20 heavy (non-hydrogen) atoms. The van der Waals surface area contributed by atoms with Crippen molar-refractivity contribution < 1.29 is 9.21 Å². The van der Waals surface area contributed by atoms with Gasteiger partial charge in [0.1, 0.15) is 5.52 Å². The number of carbonyl (C=O) groups is 1. The van der Waals surface area contributed by atoms with Crippen LogP contribution in [0.5, 0.6) is 0 Å². The molecule has 1 amide bonds. The van der Waals surface area contributed by atoms with Crippen molar-refractivity contribution in [2.75, 3.05) is 18.0 Å². The molecule has 0 aliphatic carbocycles. The molecule has 1 fully saturated rings. The van der Waals surface area contributed by atoms with E-state index < -0.39 is 0 Å². The number of halogens is 1. The van der Waals surface area contributed by atoms with E-state index in [0.29, 0.717) is 36.6 Å². The molecular weight excluding hydrogens is 326 g/mol. The summed E-state index contributed by atoms with van der Waals surface area (Å²) < 4.78 is 6.50. The lowest BCUT2D eigenvalue weighted by Crippen LogP contribution is -2.25. The van der Waals surface area contributed by atoms with E-state index in [0.717, 1.165) is 4.47 Å². The molecule has 7 nitrogen and oxygen atoms in total. The maximum Gasteiger partial charge on any atom is 0.305 e. The molecule has 8 heteroatoms. The summed E-state index contributed by atoms with van der Waals surface area (Å²) >= 11 is 3.37. The maximum absolute atomic E-state index is 12.0. The zero-order chi connectivity index (χ0) is 14.1. The van der Waals surface area contributed by atoms with Crippen molar-refractivity contribution in [3.05, 3.63) is 33.1 Å². The summed E-state index contributed by atoms with van der Waals surface area (Å²) in [7, 11) is 0. The minimum atomic E-state index is -0.0613. The Morgan fingerprint density at radius 2 is 2.45 bits per heavy atom. The number of nitrogens with zero attached hydrogens (tertiary/aromatic N) is 5. The molecule has 2 aromatic rings. The Labute approximate surface area is 122 Å². The number of benzene rings is 1. The number of carbonyl (C=O) groups excluding carboxylic acids is 1. The van der Waals surface area contributed by atoms with E-state index in [1.807, 2.05) is 12.1 Å². The average Bonchev–Trinajstić information content (AvgIpc) is 2.99. The smallest absolute Gasteiger partial charge is 0.305 e. The van der Waals surface area contributed by atoms with Crippen LogP contribution in [0.2, 0.25) is 0 Å². The predicted octanol–water partition coefficient (Wildman–Crippen LogP) is 3.25. The van der Waals surface area contributed by atoms with Gasteiger partial charge in [-0.3, -0.25) is 9.69 Å². The molecule has 0 radical (unpaired) electrons. The molecule has 1 aliphatic rings. The van der Waals surface area contributed by atoms with E-state index in [4.69, 9.17) is 9.95 Å². The third kappa shape index (κ3) is 2.35. The van der Waals surface area contributed by atoms with Crippen LogP contribution in [0.15, 0.2) is 32.2 Å². The second-order valence-corrected chi connectivity index (χ2v) is 5.51. The van der Waals surface area contributed by atoms with Gasteiger partial charge >= 0.3 is 6.01 Å². The van der Waals surface area contributed by atoms with Gasteiger partial charge < -0.3 is 4.42 Å². The van der Waals surface area contributed by atoms with Gasteiger partial charge in [0.2, 0.25) is 5.91 Å². The molecule has 3 rings (SSSR count). The highest BCUT2D eigenvalue weighted by Crippen LogP contribution is 2.29. The lowest BCUT2D eigenvalue weighted by molar-refractivity contribution is -0.117. The standard InChI is InChI=1S/C12H10BrN5O2/c13-8-1-2-10-9(4-8)16-12(20-10)18-6-7(3-11(18)19)5-15-17-14/h1-2,4,7H,3,5-6H2. The van der Waals surface area contributed by atoms with Gasteiger partial charge in [0, 0.05) is 28.9 Å². The fraction of sp³-hybridized carbons (Fsp3) is 0.333. The van der Waals surface area contributed by atoms with Crippen molar-refractivity contribution in [2.45, 2.75) is 6.42 Å². The molecule has 102 valence electrons. The van der Waals surface area contributed by atoms with Crippen LogP contribution in [0, 0.1) is 5.92 Å². The molecule has 0 spiro atoms. The summed E-state index contributed by atoms with van der Waals surface area (Å²) in [5, 5.41) is 3.52. The Bertz CT molecular complexity index is 722. The summed E-state index contributed by atoms with van der Waals surface area (Å²) in [6, 6.07) is 5.79. The van der Waals surface area contributed by atoms with Crippen molar-refractivity contribution >= 4 is 39.0 Å². The van der Waals surface area contributed by atoms with Crippen molar-refractivity contribution in [1.29, 1.82) is 0 Å². The summed E-state index contributed by atoms with van der Waals surface area (Å²) in [5.41, 5.74) is 9.65. The van der Waals surface area contributed by atoms with Crippen molar-refractivity contribution in [3.8, 4) is 0 Å². The number of hydrogen-bond donors (Lipinski definition) is 0. The van der Waals surface area contributed by atoms with Crippen LogP contribution in [-0.2, 0) is 4.79 Å². The number of amides is 1. The first kappa shape index (κ1) is 13.0. The number of aromatic nitrogens is 1. The van der Waals surface area contributed by atoms with E-state index in [-0.39, 0.29) is 11.8 Å². The molecular formula is C12H10BrN5O2. The van der Waals surface area contributed by atoms with E-state index in [1.165, 1.54) is 4.90 Å².